The van der Waals surface area contributed by atoms with Crippen molar-refractivity contribution in [2.45, 2.75) is 0 Å². The molecule has 0 unspecified atom stereocenters. The molecule has 1 aromatic carbocycles. The Morgan fingerprint density at radius 2 is 1.95 bits per heavy atom. The second-order valence-corrected chi connectivity index (χ2v) is 5.88. The van der Waals surface area contributed by atoms with Gasteiger partial charge in [0.2, 0.25) is 0 Å². The summed E-state index contributed by atoms with van der Waals surface area (Å²) < 4.78 is 9.91. The Morgan fingerprint density at radius 3 is 2.68 bits per heavy atom. The number of imidazole rings is 1. The summed E-state index contributed by atoms with van der Waals surface area (Å²) in [7, 11) is 4.00. The minimum Gasteiger partial charge on any atom is -0.457 e. The number of hydrogen-bond acceptors (Lipinski definition) is 1. The Hall–Kier alpha value is -1.97. The molecule has 3 nitrogen and oxygen atoms in total. The molecule has 0 aliphatic heterocycles. The molecule has 5 heteroatoms. The Labute approximate surface area is 139 Å². The van der Waals surface area contributed by atoms with Crippen molar-refractivity contribution in [2.24, 2.45) is 14.1 Å². The summed E-state index contributed by atoms with van der Waals surface area (Å²) in [4.78, 5) is 0. The molecule has 0 saturated heterocycles. The predicted molar refractivity (Wildman–Crippen MR) is 89.7 cm³/mol. The van der Waals surface area contributed by atoms with Gasteiger partial charge in [-0.3, -0.25) is 0 Å². The summed E-state index contributed by atoms with van der Waals surface area (Å²) in [5, 5.41) is 1.24. The second-order valence-electron chi connectivity index (χ2n) is 5.04. The molecule has 0 amide bonds. The normalized spacial score (nSPS) is 11.5. The van der Waals surface area contributed by atoms with Crippen LogP contribution in [0, 0.1) is 0 Å². The number of nitrogens with zero attached hydrogens (tertiary/aromatic N) is 2. The van der Waals surface area contributed by atoms with Crippen LogP contribution in [0.5, 0.6) is 0 Å². The monoisotopic (exact) mass is 333 g/mol. The highest BCUT2D eigenvalue weighted by Gasteiger charge is 2.10. The van der Waals surface area contributed by atoms with Crippen molar-refractivity contribution in [1.82, 2.24) is 4.57 Å². The quantitative estimate of drug-likeness (QED) is 0.642. The molecule has 0 aliphatic rings. The molecular weight excluding hydrogens is 319 g/mol. The van der Waals surface area contributed by atoms with Gasteiger partial charge in [-0.25, -0.2) is 9.13 Å². The molecule has 0 fully saturated rings. The van der Waals surface area contributed by atoms with Gasteiger partial charge in [0.1, 0.15) is 23.9 Å². The lowest BCUT2D eigenvalue weighted by molar-refractivity contribution is -0.672. The minimum atomic E-state index is 0.614. The van der Waals surface area contributed by atoms with Crippen LogP contribution in [0.2, 0.25) is 10.0 Å². The van der Waals surface area contributed by atoms with Crippen LogP contribution in [0.15, 0.2) is 47.1 Å². The Morgan fingerprint density at radius 1 is 1.14 bits per heavy atom. The highest BCUT2D eigenvalue weighted by atomic mass is 35.5. The molecule has 0 atom stereocenters. The highest BCUT2D eigenvalue weighted by molar-refractivity contribution is 6.35. The smallest absolute Gasteiger partial charge is 0.281 e. The van der Waals surface area contributed by atoms with Crippen molar-refractivity contribution >= 4 is 35.4 Å². The first-order valence-electron chi connectivity index (χ1n) is 6.79. The number of aromatic nitrogens is 2. The lowest BCUT2D eigenvalue weighted by Crippen LogP contribution is -2.29. The summed E-state index contributed by atoms with van der Waals surface area (Å²) in [5.74, 6) is 2.52. The van der Waals surface area contributed by atoms with Gasteiger partial charge < -0.3 is 4.42 Å². The average Bonchev–Trinajstić information content (AvgIpc) is 3.07. The Balaban J connectivity index is 1.90. The van der Waals surface area contributed by atoms with Crippen molar-refractivity contribution in [3.63, 3.8) is 0 Å². The maximum atomic E-state index is 6.20. The molecule has 112 valence electrons. The Kier molecular flexibility index (Phi) is 4.10. The van der Waals surface area contributed by atoms with Crippen LogP contribution in [0.4, 0.5) is 0 Å². The zero-order chi connectivity index (χ0) is 15.7. The van der Waals surface area contributed by atoms with E-state index in [1.54, 1.807) is 18.2 Å². The van der Waals surface area contributed by atoms with Gasteiger partial charge >= 0.3 is 0 Å². The summed E-state index contributed by atoms with van der Waals surface area (Å²) in [6, 6.07) is 9.12. The van der Waals surface area contributed by atoms with E-state index in [0.29, 0.717) is 15.8 Å². The third kappa shape index (κ3) is 2.96. The van der Waals surface area contributed by atoms with Gasteiger partial charge in [0.25, 0.3) is 5.82 Å². The Bertz CT molecular complexity index is 827. The van der Waals surface area contributed by atoms with E-state index in [1.165, 1.54) is 0 Å². The van der Waals surface area contributed by atoms with E-state index in [9.17, 15) is 0 Å². The molecule has 0 saturated carbocycles. The topological polar surface area (TPSA) is 21.9 Å². The number of hydrogen-bond donors (Lipinski definition) is 0. The molecule has 3 rings (SSSR count). The van der Waals surface area contributed by atoms with Gasteiger partial charge in [-0.1, -0.05) is 23.2 Å². The summed E-state index contributed by atoms with van der Waals surface area (Å²) in [6.45, 7) is 0. The van der Waals surface area contributed by atoms with Crippen LogP contribution >= 0.6 is 23.2 Å². The summed E-state index contributed by atoms with van der Waals surface area (Å²) in [5.41, 5.74) is 0.790. The number of benzene rings is 1. The molecule has 0 aliphatic carbocycles. The van der Waals surface area contributed by atoms with Crippen molar-refractivity contribution < 1.29 is 8.98 Å². The maximum absolute atomic E-state index is 6.20. The fourth-order valence-electron chi connectivity index (χ4n) is 2.27. The van der Waals surface area contributed by atoms with Crippen LogP contribution in [0.25, 0.3) is 23.5 Å². The van der Waals surface area contributed by atoms with Crippen LogP contribution in [-0.4, -0.2) is 4.57 Å². The molecular formula is C17H15Cl2N2O+. The molecule has 0 N–H and O–H groups in total. The van der Waals surface area contributed by atoms with E-state index >= 15 is 0 Å². The van der Waals surface area contributed by atoms with Crippen LogP contribution in [-0.2, 0) is 14.1 Å². The summed E-state index contributed by atoms with van der Waals surface area (Å²) >= 11 is 12.2. The third-order valence-electron chi connectivity index (χ3n) is 3.45. The molecule has 0 spiro atoms. The maximum Gasteiger partial charge on any atom is 0.281 e. The van der Waals surface area contributed by atoms with Crippen LogP contribution in [0.1, 0.15) is 11.6 Å². The molecule has 3 aromatic rings. The fraction of sp³-hybridized carbons (Fsp3) is 0.118. The van der Waals surface area contributed by atoms with Gasteiger partial charge in [-0.2, -0.15) is 0 Å². The predicted octanol–water partition coefficient (Wildman–Crippen LogP) is 4.59. The van der Waals surface area contributed by atoms with Crippen LogP contribution in [0.3, 0.4) is 0 Å². The van der Waals surface area contributed by atoms with Crippen molar-refractivity contribution in [2.75, 3.05) is 0 Å². The lowest BCUT2D eigenvalue weighted by atomic mass is 10.2. The van der Waals surface area contributed by atoms with Gasteiger partial charge in [0, 0.05) is 16.7 Å². The highest BCUT2D eigenvalue weighted by Crippen LogP contribution is 2.32. The molecule has 0 bridgehead atoms. The van der Waals surface area contributed by atoms with Gasteiger partial charge in [0.05, 0.1) is 19.1 Å². The van der Waals surface area contributed by atoms with Crippen molar-refractivity contribution in [3.8, 4) is 11.3 Å². The zero-order valence-corrected chi connectivity index (χ0v) is 13.8. The standard InChI is InChI=1S/C17H15Cl2N2O/c1-20-9-10-21(2)17(20)8-5-13-4-7-16(22-13)14-11-12(18)3-6-15(14)19/h3-11H,1-2H3/q+1/b8-5+. The fourth-order valence-corrected chi connectivity index (χ4v) is 2.65. The SMILES string of the molecule is Cn1cc[n+](C)c1/C=C/c1ccc(-c2cc(Cl)ccc2Cl)o1. The molecule has 2 heterocycles. The largest absolute Gasteiger partial charge is 0.457 e. The van der Waals surface area contributed by atoms with Crippen molar-refractivity contribution in [1.29, 1.82) is 0 Å². The van der Waals surface area contributed by atoms with E-state index in [0.717, 1.165) is 17.1 Å². The first-order chi connectivity index (χ1) is 10.5. The molecule has 0 radical (unpaired) electrons. The number of rotatable bonds is 3. The first-order valence-corrected chi connectivity index (χ1v) is 7.54. The number of furan rings is 1. The van der Waals surface area contributed by atoms with E-state index < -0.39 is 0 Å². The number of halogens is 2. The molecule has 2 aromatic heterocycles. The zero-order valence-electron chi connectivity index (χ0n) is 12.3. The van der Waals surface area contributed by atoms with Gasteiger partial charge in [0.15, 0.2) is 0 Å². The summed E-state index contributed by atoms with van der Waals surface area (Å²) in [6.07, 6.45) is 7.93. The lowest BCUT2D eigenvalue weighted by Gasteiger charge is -2.00. The first kappa shape index (κ1) is 14.9. The van der Waals surface area contributed by atoms with Gasteiger partial charge in [-0.05, 0) is 36.4 Å². The average molecular weight is 334 g/mol. The minimum absolute atomic E-state index is 0.614. The van der Waals surface area contributed by atoms with E-state index in [1.807, 2.05) is 59.9 Å². The van der Waals surface area contributed by atoms with E-state index in [2.05, 4.69) is 0 Å². The van der Waals surface area contributed by atoms with Gasteiger partial charge in [-0.15, -0.1) is 0 Å². The van der Waals surface area contributed by atoms with E-state index in [-0.39, 0.29) is 0 Å². The molecule has 22 heavy (non-hydrogen) atoms. The van der Waals surface area contributed by atoms with Crippen molar-refractivity contribution in [3.05, 3.63) is 64.4 Å². The van der Waals surface area contributed by atoms with E-state index in [4.69, 9.17) is 27.6 Å². The van der Waals surface area contributed by atoms with Crippen LogP contribution < -0.4 is 4.57 Å². The third-order valence-corrected chi connectivity index (χ3v) is 4.02. The second kappa shape index (κ2) is 6.03. The number of aryl methyl sites for hydroxylation is 2.